The van der Waals surface area contributed by atoms with Crippen molar-refractivity contribution in [3.05, 3.63) is 59.7 Å². The molecule has 10 heteroatoms. The maximum absolute atomic E-state index is 12.7. The molecule has 0 amide bonds. The summed E-state index contributed by atoms with van der Waals surface area (Å²) in [6.07, 6.45) is 1.65. The Morgan fingerprint density at radius 1 is 0.967 bits per heavy atom. The molecule has 1 aliphatic rings. The second-order valence-electron chi connectivity index (χ2n) is 7.15. The lowest BCUT2D eigenvalue weighted by Gasteiger charge is -2.16. The average Bonchev–Trinajstić information content (AvgIpc) is 3.28. The van der Waals surface area contributed by atoms with Crippen LogP contribution in [0.25, 0.3) is 0 Å². The number of hydrogen-bond donors (Lipinski definition) is 0. The molecule has 0 saturated carbocycles. The van der Waals surface area contributed by atoms with E-state index in [4.69, 9.17) is 4.74 Å². The molecule has 0 bridgehead atoms. The SMILES string of the molecule is CN(C)S(=O)(=O)c1cccc(COC(=O)c2cccc(S(=O)(=O)N3CCCC3)c2)c1. The number of sulfonamides is 2. The lowest BCUT2D eigenvalue weighted by Crippen LogP contribution is -2.28. The Hall–Kier alpha value is -2.27. The molecule has 2 aromatic rings. The normalized spacial score (nSPS) is 15.4. The lowest BCUT2D eigenvalue weighted by molar-refractivity contribution is 0.0472. The van der Waals surface area contributed by atoms with Crippen molar-refractivity contribution >= 4 is 26.0 Å². The van der Waals surface area contributed by atoms with E-state index in [1.54, 1.807) is 12.1 Å². The van der Waals surface area contributed by atoms with Crippen molar-refractivity contribution < 1.29 is 26.4 Å². The van der Waals surface area contributed by atoms with Crippen molar-refractivity contribution in [1.82, 2.24) is 8.61 Å². The van der Waals surface area contributed by atoms with Crippen LogP contribution in [-0.4, -0.2) is 58.6 Å². The smallest absolute Gasteiger partial charge is 0.338 e. The zero-order chi connectivity index (χ0) is 21.9. The second kappa shape index (κ2) is 8.84. The highest BCUT2D eigenvalue weighted by Crippen LogP contribution is 2.22. The molecular weight excluding hydrogens is 428 g/mol. The zero-order valence-corrected chi connectivity index (χ0v) is 18.4. The molecular formula is C20H24N2O6S2. The molecule has 0 N–H and O–H groups in total. The van der Waals surface area contributed by atoms with Crippen LogP contribution in [0.2, 0.25) is 0 Å². The highest BCUT2D eigenvalue weighted by molar-refractivity contribution is 7.89. The fourth-order valence-corrected chi connectivity index (χ4v) is 5.64. The van der Waals surface area contributed by atoms with Crippen LogP contribution in [0.3, 0.4) is 0 Å². The first-order valence-electron chi connectivity index (χ1n) is 9.41. The van der Waals surface area contributed by atoms with E-state index in [9.17, 15) is 21.6 Å². The van der Waals surface area contributed by atoms with Crippen LogP contribution in [0.4, 0.5) is 0 Å². The van der Waals surface area contributed by atoms with Gasteiger partial charge in [-0.05, 0) is 48.7 Å². The predicted molar refractivity (Wildman–Crippen MR) is 111 cm³/mol. The van der Waals surface area contributed by atoms with Crippen LogP contribution in [0, 0.1) is 0 Å². The van der Waals surface area contributed by atoms with Gasteiger partial charge in [0.1, 0.15) is 6.61 Å². The van der Waals surface area contributed by atoms with Gasteiger partial charge in [-0.1, -0.05) is 18.2 Å². The van der Waals surface area contributed by atoms with Crippen molar-refractivity contribution in [2.75, 3.05) is 27.2 Å². The number of rotatable bonds is 7. The van der Waals surface area contributed by atoms with Crippen molar-refractivity contribution in [2.45, 2.75) is 29.2 Å². The molecule has 162 valence electrons. The number of hydrogen-bond acceptors (Lipinski definition) is 6. The number of esters is 1. The molecule has 0 unspecified atom stereocenters. The van der Waals surface area contributed by atoms with Gasteiger partial charge < -0.3 is 4.74 Å². The summed E-state index contributed by atoms with van der Waals surface area (Å²) in [7, 11) is -4.37. The highest BCUT2D eigenvalue weighted by atomic mass is 32.2. The van der Waals surface area contributed by atoms with Crippen molar-refractivity contribution in [3.63, 3.8) is 0 Å². The van der Waals surface area contributed by atoms with Crippen molar-refractivity contribution in [1.29, 1.82) is 0 Å². The summed E-state index contributed by atoms with van der Waals surface area (Å²) in [6.45, 7) is 0.811. The molecule has 0 atom stereocenters. The van der Waals surface area contributed by atoms with Crippen molar-refractivity contribution in [2.24, 2.45) is 0 Å². The Kier molecular flexibility index (Phi) is 6.61. The van der Waals surface area contributed by atoms with Gasteiger partial charge in [-0.3, -0.25) is 0 Å². The summed E-state index contributed by atoms with van der Waals surface area (Å²) in [6, 6.07) is 11.9. The molecule has 0 aromatic heterocycles. The molecule has 2 aromatic carbocycles. The highest BCUT2D eigenvalue weighted by Gasteiger charge is 2.27. The molecule has 0 aliphatic carbocycles. The minimum atomic E-state index is -3.64. The van der Waals surface area contributed by atoms with E-state index in [0.29, 0.717) is 18.7 Å². The fraction of sp³-hybridized carbons (Fsp3) is 0.350. The van der Waals surface area contributed by atoms with Crippen LogP contribution in [-0.2, 0) is 31.4 Å². The van der Waals surface area contributed by atoms with Gasteiger partial charge in [0.2, 0.25) is 20.0 Å². The topological polar surface area (TPSA) is 101 Å². The molecule has 0 spiro atoms. The van der Waals surface area contributed by atoms with Gasteiger partial charge in [0, 0.05) is 27.2 Å². The summed E-state index contributed by atoms with van der Waals surface area (Å²) in [5, 5.41) is 0. The summed E-state index contributed by atoms with van der Waals surface area (Å²) < 4.78 is 57.7. The van der Waals surface area contributed by atoms with Gasteiger partial charge in [-0.2, -0.15) is 4.31 Å². The Bertz CT molecular complexity index is 1140. The molecule has 3 rings (SSSR count). The first kappa shape index (κ1) is 22.4. The molecule has 1 fully saturated rings. The largest absolute Gasteiger partial charge is 0.457 e. The Labute approximate surface area is 177 Å². The second-order valence-corrected chi connectivity index (χ2v) is 11.2. The number of ether oxygens (including phenoxy) is 1. The van der Waals surface area contributed by atoms with Gasteiger partial charge in [0.05, 0.1) is 15.4 Å². The quantitative estimate of drug-likeness (QED) is 0.596. The van der Waals surface area contributed by atoms with Crippen LogP contribution >= 0.6 is 0 Å². The minimum absolute atomic E-state index is 0.0536. The van der Waals surface area contributed by atoms with Crippen molar-refractivity contribution in [3.8, 4) is 0 Å². The molecule has 1 aliphatic heterocycles. The molecule has 1 saturated heterocycles. The van der Waals surface area contributed by atoms with Gasteiger partial charge >= 0.3 is 5.97 Å². The lowest BCUT2D eigenvalue weighted by atomic mass is 10.2. The Morgan fingerprint density at radius 3 is 2.27 bits per heavy atom. The number of carbonyl (C=O) groups excluding carboxylic acids is 1. The van der Waals surface area contributed by atoms with Crippen LogP contribution < -0.4 is 0 Å². The van der Waals surface area contributed by atoms with Crippen LogP contribution in [0.15, 0.2) is 58.3 Å². The summed E-state index contributed by atoms with van der Waals surface area (Å²) in [4.78, 5) is 12.6. The van der Waals surface area contributed by atoms with E-state index in [1.165, 1.54) is 54.8 Å². The third-order valence-corrected chi connectivity index (χ3v) is 8.53. The van der Waals surface area contributed by atoms with E-state index in [2.05, 4.69) is 0 Å². The van der Waals surface area contributed by atoms with E-state index in [-0.39, 0.29) is 22.0 Å². The molecule has 0 radical (unpaired) electrons. The maximum atomic E-state index is 12.7. The van der Waals surface area contributed by atoms with E-state index >= 15 is 0 Å². The third-order valence-electron chi connectivity index (χ3n) is 4.82. The Balaban J connectivity index is 1.73. The number of nitrogens with zero attached hydrogens (tertiary/aromatic N) is 2. The van der Waals surface area contributed by atoms with Gasteiger partial charge in [-0.15, -0.1) is 0 Å². The minimum Gasteiger partial charge on any atom is -0.457 e. The Morgan fingerprint density at radius 2 is 1.60 bits per heavy atom. The van der Waals surface area contributed by atoms with E-state index in [1.807, 2.05) is 0 Å². The van der Waals surface area contributed by atoms with Crippen LogP contribution in [0.1, 0.15) is 28.8 Å². The monoisotopic (exact) mass is 452 g/mol. The predicted octanol–water partition coefficient (Wildman–Crippen LogP) is 2.08. The summed E-state index contributed by atoms with van der Waals surface area (Å²) >= 11 is 0. The molecule has 1 heterocycles. The van der Waals surface area contributed by atoms with Gasteiger partial charge in [0.15, 0.2) is 0 Å². The number of benzene rings is 2. The summed E-state index contributed by atoms with van der Waals surface area (Å²) in [5.74, 6) is -0.686. The first-order valence-corrected chi connectivity index (χ1v) is 12.3. The summed E-state index contributed by atoms with van der Waals surface area (Å²) in [5.41, 5.74) is 0.624. The first-order chi connectivity index (χ1) is 14.1. The molecule has 30 heavy (non-hydrogen) atoms. The van der Waals surface area contributed by atoms with Gasteiger partial charge in [-0.25, -0.2) is 25.9 Å². The van der Waals surface area contributed by atoms with Gasteiger partial charge in [0.25, 0.3) is 0 Å². The number of carbonyl (C=O) groups is 1. The molecule has 8 nitrogen and oxygen atoms in total. The maximum Gasteiger partial charge on any atom is 0.338 e. The third kappa shape index (κ3) is 4.72. The average molecular weight is 453 g/mol. The van der Waals surface area contributed by atoms with E-state index < -0.39 is 26.0 Å². The fourth-order valence-electron chi connectivity index (χ4n) is 3.10. The van der Waals surface area contributed by atoms with Crippen LogP contribution in [0.5, 0.6) is 0 Å². The standard InChI is InChI=1S/C20H24N2O6S2/c1-21(2)29(24,25)18-9-5-7-16(13-18)15-28-20(23)17-8-6-10-19(14-17)30(26,27)22-11-3-4-12-22/h5-10,13-14H,3-4,11-12,15H2,1-2H3. The zero-order valence-electron chi connectivity index (χ0n) is 16.8. The van der Waals surface area contributed by atoms with E-state index in [0.717, 1.165) is 17.1 Å².